The predicted octanol–water partition coefficient (Wildman–Crippen LogP) is 5.88. The van der Waals surface area contributed by atoms with Crippen molar-refractivity contribution in [2.24, 2.45) is 0 Å². The number of carbonyl (C=O) groups is 4. The van der Waals surface area contributed by atoms with Gasteiger partial charge < -0.3 is 20.1 Å². The van der Waals surface area contributed by atoms with Gasteiger partial charge in [-0.25, -0.2) is 4.79 Å². The third-order valence-corrected chi connectivity index (χ3v) is 6.02. The number of esters is 2. The fourth-order valence-corrected chi connectivity index (χ4v) is 3.65. The summed E-state index contributed by atoms with van der Waals surface area (Å²) in [4.78, 5) is 52.8. The average molecular weight is 606 g/mol. The van der Waals surface area contributed by atoms with E-state index in [0.29, 0.717) is 6.42 Å². The van der Waals surface area contributed by atoms with Crippen LogP contribution >= 0.6 is 0 Å². The van der Waals surface area contributed by atoms with Crippen LogP contribution in [0.1, 0.15) is 75.6 Å². The number of allylic oxidation sites excluding steroid dienone is 12. The first-order valence-electron chi connectivity index (χ1n) is 15.0. The van der Waals surface area contributed by atoms with E-state index in [9.17, 15) is 19.2 Å². The van der Waals surface area contributed by atoms with Gasteiger partial charge in [-0.15, -0.1) is 0 Å². The van der Waals surface area contributed by atoms with Gasteiger partial charge in [-0.05, 0) is 64.0 Å². The molecule has 1 rings (SSSR count). The molecule has 0 saturated carbocycles. The Morgan fingerprint density at radius 2 is 1.39 bits per heavy atom. The van der Waals surface area contributed by atoms with E-state index in [1.807, 2.05) is 12.2 Å². The summed E-state index contributed by atoms with van der Waals surface area (Å²) in [6.45, 7) is 3.22. The van der Waals surface area contributed by atoms with Crippen molar-refractivity contribution in [3.05, 3.63) is 103 Å². The summed E-state index contributed by atoms with van der Waals surface area (Å²) < 4.78 is 9.98. The lowest BCUT2D eigenvalue weighted by Crippen LogP contribution is -2.50. The van der Waals surface area contributed by atoms with Crippen LogP contribution in [0.4, 0.5) is 0 Å². The normalized spacial score (nSPS) is 13.3. The van der Waals surface area contributed by atoms with Crippen LogP contribution < -0.4 is 10.6 Å². The highest BCUT2D eigenvalue weighted by atomic mass is 16.6. The molecule has 1 aromatic rings. The van der Waals surface area contributed by atoms with Gasteiger partial charge in [0.1, 0.15) is 12.6 Å². The summed E-state index contributed by atoms with van der Waals surface area (Å²) in [5.41, 5.74) is 0.235. The number of ether oxygens (including phenoxy) is 2. The SMILES string of the molecule is CCC=CCC=CCC=CCC=CCC=CCC=CCCC(=O)NCC(=O)OC(C)C(NC(=O)c1cccnc1)C(=O)OC. The van der Waals surface area contributed by atoms with Crippen molar-refractivity contribution in [3.63, 3.8) is 0 Å². The molecule has 44 heavy (non-hydrogen) atoms. The number of hydrogen-bond acceptors (Lipinski definition) is 7. The molecule has 0 fully saturated rings. The molecule has 0 bridgehead atoms. The van der Waals surface area contributed by atoms with Gasteiger partial charge in [0.25, 0.3) is 5.91 Å². The number of nitrogens with one attached hydrogen (secondary N) is 2. The van der Waals surface area contributed by atoms with Crippen molar-refractivity contribution in [2.75, 3.05) is 13.7 Å². The molecule has 2 unspecified atom stereocenters. The van der Waals surface area contributed by atoms with Crippen molar-refractivity contribution in [2.45, 2.75) is 77.4 Å². The molecular weight excluding hydrogens is 558 g/mol. The van der Waals surface area contributed by atoms with Crippen LogP contribution in [0.15, 0.2) is 97.4 Å². The number of amides is 2. The maximum atomic E-state index is 12.4. The topological polar surface area (TPSA) is 124 Å². The molecule has 1 aromatic heterocycles. The number of pyridine rings is 1. The number of methoxy groups -OCH3 is 1. The van der Waals surface area contributed by atoms with Gasteiger partial charge in [-0.3, -0.25) is 19.4 Å². The second-order valence-electron chi connectivity index (χ2n) is 9.64. The van der Waals surface area contributed by atoms with Gasteiger partial charge in [-0.2, -0.15) is 0 Å². The van der Waals surface area contributed by atoms with Crippen molar-refractivity contribution >= 4 is 23.8 Å². The molecule has 9 heteroatoms. The van der Waals surface area contributed by atoms with Crippen LogP contribution in [0.3, 0.4) is 0 Å². The number of hydrogen-bond donors (Lipinski definition) is 2. The van der Waals surface area contributed by atoms with Crippen molar-refractivity contribution in [1.29, 1.82) is 0 Å². The van der Waals surface area contributed by atoms with E-state index in [-0.39, 0.29) is 24.4 Å². The minimum absolute atomic E-state index is 0.219. The zero-order chi connectivity index (χ0) is 32.3. The van der Waals surface area contributed by atoms with E-state index in [4.69, 9.17) is 9.47 Å². The molecular formula is C35H47N3O6. The van der Waals surface area contributed by atoms with Crippen molar-refractivity contribution in [3.8, 4) is 0 Å². The molecule has 0 aliphatic heterocycles. The summed E-state index contributed by atoms with van der Waals surface area (Å²) in [6.07, 6.45) is 33.6. The number of aromatic nitrogens is 1. The summed E-state index contributed by atoms with van der Waals surface area (Å²) in [6, 6.07) is 1.87. The predicted molar refractivity (Wildman–Crippen MR) is 174 cm³/mol. The number of rotatable bonds is 21. The molecule has 0 aliphatic rings. The van der Waals surface area contributed by atoms with Gasteiger partial charge in [0.15, 0.2) is 6.04 Å². The second-order valence-corrected chi connectivity index (χ2v) is 9.64. The summed E-state index contributed by atoms with van der Waals surface area (Å²) in [5.74, 6) is -2.39. The fourth-order valence-electron chi connectivity index (χ4n) is 3.65. The van der Waals surface area contributed by atoms with E-state index in [2.05, 4.69) is 83.3 Å². The molecule has 0 aliphatic carbocycles. The first-order valence-corrected chi connectivity index (χ1v) is 15.0. The molecule has 2 N–H and O–H groups in total. The maximum Gasteiger partial charge on any atom is 0.332 e. The second kappa shape index (κ2) is 25.0. The van der Waals surface area contributed by atoms with Gasteiger partial charge in [0.05, 0.1) is 12.7 Å². The largest absolute Gasteiger partial charge is 0.467 e. The lowest BCUT2D eigenvalue weighted by Gasteiger charge is -2.23. The Hall–Kier alpha value is -4.53. The van der Waals surface area contributed by atoms with E-state index < -0.39 is 30.0 Å². The van der Waals surface area contributed by atoms with Gasteiger partial charge in [0.2, 0.25) is 5.91 Å². The Morgan fingerprint density at radius 1 is 0.841 bits per heavy atom. The fraction of sp³-hybridized carbons (Fsp3) is 0.400. The minimum Gasteiger partial charge on any atom is -0.467 e. The smallest absolute Gasteiger partial charge is 0.332 e. The first-order chi connectivity index (χ1) is 21.4. The zero-order valence-corrected chi connectivity index (χ0v) is 26.2. The Labute approximate surface area is 261 Å². The molecule has 9 nitrogen and oxygen atoms in total. The lowest BCUT2D eigenvalue weighted by atomic mass is 10.1. The van der Waals surface area contributed by atoms with Crippen LogP contribution in [0.5, 0.6) is 0 Å². The molecule has 0 saturated heterocycles. The molecule has 238 valence electrons. The Kier molecular flexibility index (Phi) is 21.3. The molecule has 0 radical (unpaired) electrons. The molecule has 2 amide bonds. The van der Waals surface area contributed by atoms with Crippen LogP contribution in [0.2, 0.25) is 0 Å². The van der Waals surface area contributed by atoms with Crippen molar-refractivity contribution < 1.29 is 28.7 Å². The van der Waals surface area contributed by atoms with Crippen LogP contribution in [0, 0.1) is 0 Å². The van der Waals surface area contributed by atoms with Crippen molar-refractivity contribution in [1.82, 2.24) is 15.6 Å². The quantitative estimate of drug-likeness (QED) is 0.133. The Morgan fingerprint density at radius 3 is 1.89 bits per heavy atom. The minimum atomic E-state index is -1.24. The average Bonchev–Trinajstić information content (AvgIpc) is 3.03. The zero-order valence-electron chi connectivity index (χ0n) is 26.2. The number of carbonyl (C=O) groups excluding carboxylic acids is 4. The lowest BCUT2D eigenvalue weighted by molar-refractivity contribution is -0.155. The van der Waals surface area contributed by atoms with Crippen LogP contribution in [-0.4, -0.2) is 54.5 Å². The molecule has 0 spiro atoms. The van der Waals surface area contributed by atoms with E-state index in [0.717, 1.165) is 45.6 Å². The highest BCUT2D eigenvalue weighted by Gasteiger charge is 2.31. The first kappa shape index (κ1) is 37.5. The number of nitrogens with zero attached hydrogens (tertiary/aromatic N) is 1. The molecule has 1 heterocycles. The highest BCUT2D eigenvalue weighted by Crippen LogP contribution is 2.05. The van der Waals surface area contributed by atoms with E-state index in [1.165, 1.54) is 25.4 Å². The summed E-state index contributed by atoms with van der Waals surface area (Å²) >= 11 is 0. The summed E-state index contributed by atoms with van der Waals surface area (Å²) in [7, 11) is 1.16. The Balaban J connectivity index is 2.21. The molecule has 2 atom stereocenters. The van der Waals surface area contributed by atoms with Gasteiger partial charge in [-0.1, -0.05) is 79.8 Å². The molecule has 0 aromatic carbocycles. The van der Waals surface area contributed by atoms with Crippen LogP contribution in [-0.2, 0) is 23.9 Å². The highest BCUT2D eigenvalue weighted by molar-refractivity contribution is 5.96. The van der Waals surface area contributed by atoms with Gasteiger partial charge >= 0.3 is 11.9 Å². The Bertz CT molecular complexity index is 1170. The van der Waals surface area contributed by atoms with Crippen LogP contribution in [0.25, 0.3) is 0 Å². The van der Waals surface area contributed by atoms with E-state index >= 15 is 0 Å². The monoisotopic (exact) mass is 605 g/mol. The van der Waals surface area contributed by atoms with E-state index in [1.54, 1.807) is 6.07 Å². The third-order valence-electron chi connectivity index (χ3n) is 6.02. The standard InChI is InChI=1S/C35H47N3O6/c1-4-5-6-7-8-9-10-11-12-13-14-15-16-17-18-19-20-21-22-25-31(39)37-28-32(40)44-29(2)33(35(42)43-3)38-34(41)30-24-23-26-36-27-30/h5-6,8-9,11-12,14-15,17-18,20-21,23-24,26-27,29,33H,4,7,10,13,16,19,22,25,28H2,1-3H3,(H,37,39)(H,38,41). The summed E-state index contributed by atoms with van der Waals surface area (Å²) in [5, 5.41) is 5.00. The maximum absolute atomic E-state index is 12.4. The van der Waals surface area contributed by atoms with Gasteiger partial charge in [0, 0.05) is 18.8 Å². The third kappa shape index (κ3) is 18.8.